The molecule has 18 heavy (non-hydrogen) atoms. The third kappa shape index (κ3) is 4.72. The summed E-state index contributed by atoms with van der Waals surface area (Å²) in [5.74, 6) is 0.478. The molecule has 0 saturated carbocycles. The molecule has 0 radical (unpaired) electrons. The molecule has 100 valence electrons. The number of benzene rings is 1. The SMILES string of the molecule is CC(C)CNC(=O)CN(C)c1ccc(I)cc1N. The van der Waals surface area contributed by atoms with Crippen molar-refractivity contribution in [1.29, 1.82) is 0 Å². The molecule has 1 rings (SSSR count). The first-order valence-corrected chi connectivity index (χ1v) is 7.01. The molecule has 0 unspecified atom stereocenters. The van der Waals surface area contributed by atoms with Crippen LogP contribution in [0, 0.1) is 9.49 Å². The van der Waals surface area contributed by atoms with E-state index in [1.165, 1.54) is 0 Å². The minimum Gasteiger partial charge on any atom is -0.397 e. The molecule has 0 heterocycles. The number of nitrogen functional groups attached to an aromatic ring is 1. The first kappa shape index (κ1) is 15.1. The van der Waals surface area contributed by atoms with Crippen LogP contribution in [-0.4, -0.2) is 26.0 Å². The second-order valence-corrected chi connectivity index (χ2v) is 6.00. The number of hydrogen-bond donors (Lipinski definition) is 2. The van der Waals surface area contributed by atoms with Crippen molar-refractivity contribution >= 4 is 39.9 Å². The van der Waals surface area contributed by atoms with Crippen molar-refractivity contribution in [3.8, 4) is 0 Å². The van der Waals surface area contributed by atoms with Gasteiger partial charge in [0.05, 0.1) is 17.9 Å². The zero-order chi connectivity index (χ0) is 13.7. The van der Waals surface area contributed by atoms with Crippen LogP contribution in [0.1, 0.15) is 13.8 Å². The van der Waals surface area contributed by atoms with Gasteiger partial charge in [0, 0.05) is 17.2 Å². The Morgan fingerprint density at radius 3 is 2.72 bits per heavy atom. The predicted molar refractivity (Wildman–Crippen MR) is 84.7 cm³/mol. The topological polar surface area (TPSA) is 58.4 Å². The Balaban J connectivity index is 2.59. The minimum absolute atomic E-state index is 0.0177. The van der Waals surface area contributed by atoms with E-state index in [-0.39, 0.29) is 5.91 Å². The van der Waals surface area contributed by atoms with E-state index in [0.717, 1.165) is 9.26 Å². The van der Waals surface area contributed by atoms with Crippen LogP contribution in [0.4, 0.5) is 11.4 Å². The van der Waals surface area contributed by atoms with Crippen LogP contribution >= 0.6 is 22.6 Å². The molecule has 0 aromatic heterocycles. The van der Waals surface area contributed by atoms with Gasteiger partial charge >= 0.3 is 0 Å². The molecule has 0 spiro atoms. The van der Waals surface area contributed by atoms with Crippen molar-refractivity contribution in [2.75, 3.05) is 30.8 Å². The van der Waals surface area contributed by atoms with E-state index in [9.17, 15) is 4.79 Å². The highest BCUT2D eigenvalue weighted by molar-refractivity contribution is 14.1. The molecular weight excluding hydrogens is 341 g/mol. The number of amides is 1. The van der Waals surface area contributed by atoms with Crippen molar-refractivity contribution in [1.82, 2.24) is 5.32 Å². The number of hydrogen-bond acceptors (Lipinski definition) is 3. The highest BCUT2D eigenvalue weighted by Crippen LogP contribution is 2.23. The molecule has 5 heteroatoms. The number of likely N-dealkylation sites (N-methyl/N-ethyl adjacent to an activating group) is 1. The maximum atomic E-state index is 11.7. The smallest absolute Gasteiger partial charge is 0.239 e. The lowest BCUT2D eigenvalue weighted by Gasteiger charge is -2.21. The largest absolute Gasteiger partial charge is 0.397 e. The van der Waals surface area contributed by atoms with Gasteiger partial charge in [-0.3, -0.25) is 4.79 Å². The normalized spacial score (nSPS) is 10.5. The van der Waals surface area contributed by atoms with Crippen LogP contribution in [0.25, 0.3) is 0 Å². The fourth-order valence-electron chi connectivity index (χ4n) is 1.55. The van der Waals surface area contributed by atoms with Gasteiger partial charge in [-0.2, -0.15) is 0 Å². The highest BCUT2D eigenvalue weighted by atomic mass is 127. The second kappa shape index (κ2) is 6.82. The number of nitrogens with zero attached hydrogens (tertiary/aromatic N) is 1. The van der Waals surface area contributed by atoms with Gasteiger partial charge in [0.2, 0.25) is 5.91 Å². The molecule has 4 nitrogen and oxygen atoms in total. The van der Waals surface area contributed by atoms with E-state index in [1.54, 1.807) is 0 Å². The van der Waals surface area contributed by atoms with E-state index in [2.05, 4.69) is 41.8 Å². The summed E-state index contributed by atoms with van der Waals surface area (Å²) in [5, 5.41) is 2.89. The van der Waals surface area contributed by atoms with Crippen LogP contribution in [0.15, 0.2) is 18.2 Å². The summed E-state index contributed by atoms with van der Waals surface area (Å²) in [6.07, 6.45) is 0. The first-order chi connectivity index (χ1) is 8.40. The molecule has 1 aromatic carbocycles. The molecule has 0 fully saturated rings. The van der Waals surface area contributed by atoms with E-state index < -0.39 is 0 Å². The maximum absolute atomic E-state index is 11.7. The van der Waals surface area contributed by atoms with Crippen molar-refractivity contribution in [2.45, 2.75) is 13.8 Å². The highest BCUT2D eigenvalue weighted by Gasteiger charge is 2.10. The Morgan fingerprint density at radius 1 is 1.50 bits per heavy atom. The van der Waals surface area contributed by atoms with Crippen LogP contribution in [0.3, 0.4) is 0 Å². The molecular formula is C13H20IN3O. The van der Waals surface area contributed by atoms with Crippen LogP contribution in [0.2, 0.25) is 0 Å². The molecule has 0 aliphatic carbocycles. The van der Waals surface area contributed by atoms with Gasteiger partial charge in [-0.1, -0.05) is 13.8 Å². The van der Waals surface area contributed by atoms with E-state index in [1.807, 2.05) is 30.1 Å². The minimum atomic E-state index is 0.0177. The summed E-state index contributed by atoms with van der Waals surface area (Å²) in [6.45, 7) is 5.16. The second-order valence-electron chi connectivity index (χ2n) is 4.76. The number of nitrogens with two attached hydrogens (primary N) is 1. The van der Waals surface area contributed by atoms with Crippen LogP contribution in [0.5, 0.6) is 0 Å². The van der Waals surface area contributed by atoms with E-state index in [4.69, 9.17) is 5.73 Å². The van der Waals surface area contributed by atoms with E-state index >= 15 is 0 Å². The Kier molecular flexibility index (Phi) is 5.71. The third-order valence-corrected chi connectivity index (χ3v) is 3.16. The lowest BCUT2D eigenvalue weighted by atomic mass is 10.2. The van der Waals surface area contributed by atoms with Gasteiger partial charge in [-0.15, -0.1) is 0 Å². The summed E-state index contributed by atoms with van der Waals surface area (Å²) in [5.41, 5.74) is 7.52. The molecule has 0 aliphatic heterocycles. The molecule has 3 N–H and O–H groups in total. The molecule has 0 bridgehead atoms. The molecule has 0 atom stereocenters. The Morgan fingerprint density at radius 2 is 2.17 bits per heavy atom. The van der Waals surface area contributed by atoms with Gasteiger partial charge in [0.25, 0.3) is 0 Å². The zero-order valence-electron chi connectivity index (χ0n) is 11.0. The average Bonchev–Trinajstić information content (AvgIpc) is 2.26. The number of anilines is 2. The summed E-state index contributed by atoms with van der Waals surface area (Å²) >= 11 is 2.21. The predicted octanol–water partition coefficient (Wildman–Crippen LogP) is 2.08. The fourth-order valence-corrected chi connectivity index (χ4v) is 2.06. The summed E-state index contributed by atoms with van der Waals surface area (Å²) in [6, 6.07) is 5.82. The number of rotatable bonds is 5. The monoisotopic (exact) mass is 361 g/mol. The number of carbonyl (C=O) groups excluding carboxylic acids is 1. The first-order valence-electron chi connectivity index (χ1n) is 5.93. The maximum Gasteiger partial charge on any atom is 0.239 e. The molecule has 1 amide bonds. The van der Waals surface area contributed by atoms with Crippen molar-refractivity contribution in [3.63, 3.8) is 0 Å². The molecule has 1 aromatic rings. The van der Waals surface area contributed by atoms with Crippen LogP contribution in [-0.2, 0) is 4.79 Å². The van der Waals surface area contributed by atoms with Crippen molar-refractivity contribution < 1.29 is 4.79 Å². The summed E-state index contributed by atoms with van der Waals surface area (Å²) < 4.78 is 1.09. The number of nitrogens with one attached hydrogen (secondary N) is 1. The lowest BCUT2D eigenvalue weighted by molar-refractivity contribution is -0.119. The van der Waals surface area contributed by atoms with Crippen LogP contribution < -0.4 is 16.0 Å². The summed E-state index contributed by atoms with van der Waals surface area (Å²) in [4.78, 5) is 13.6. The fraction of sp³-hybridized carbons (Fsp3) is 0.462. The average molecular weight is 361 g/mol. The Labute approximate surface area is 122 Å². The number of halogens is 1. The van der Waals surface area contributed by atoms with Gasteiger partial charge < -0.3 is 16.0 Å². The van der Waals surface area contributed by atoms with Gasteiger partial charge in [-0.05, 0) is 46.7 Å². The van der Waals surface area contributed by atoms with Crippen molar-refractivity contribution in [3.05, 3.63) is 21.8 Å². The Bertz CT molecular complexity index is 421. The lowest BCUT2D eigenvalue weighted by Crippen LogP contribution is -2.37. The van der Waals surface area contributed by atoms with Gasteiger partial charge in [0.15, 0.2) is 0 Å². The van der Waals surface area contributed by atoms with Crippen molar-refractivity contribution in [2.24, 2.45) is 5.92 Å². The van der Waals surface area contributed by atoms with Gasteiger partial charge in [0.1, 0.15) is 0 Å². The zero-order valence-corrected chi connectivity index (χ0v) is 13.2. The number of carbonyl (C=O) groups is 1. The third-order valence-electron chi connectivity index (χ3n) is 2.49. The standard InChI is InChI=1S/C13H20IN3O/c1-9(2)7-16-13(18)8-17(3)12-5-4-10(14)6-11(12)15/h4-6,9H,7-8,15H2,1-3H3,(H,16,18). The molecule has 0 saturated heterocycles. The summed E-state index contributed by atoms with van der Waals surface area (Å²) in [7, 11) is 1.87. The Hall–Kier alpha value is -0.980. The molecule has 0 aliphatic rings. The quantitative estimate of drug-likeness (QED) is 0.624. The van der Waals surface area contributed by atoms with Gasteiger partial charge in [-0.25, -0.2) is 0 Å². The van der Waals surface area contributed by atoms with E-state index in [0.29, 0.717) is 24.7 Å².